The Kier molecular flexibility index (Phi) is 1.58. The fourth-order valence-electron chi connectivity index (χ4n) is 1.16. The van der Waals surface area contributed by atoms with E-state index in [1.165, 1.54) is 0 Å². The Morgan fingerprint density at radius 1 is 1.50 bits per heavy atom. The smallest absolute Gasteiger partial charge is 0.132 e. The maximum atomic E-state index is 9.33. The van der Waals surface area contributed by atoms with Gasteiger partial charge in [-0.3, -0.25) is 4.68 Å². The summed E-state index contributed by atoms with van der Waals surface area (Å²) >= 11 is 3.24. The zero-order chi connectivity index (χ0) is 8.72. The standard InChI is InChI=1S/C8H7BrN2O/c1-11-4-5-2-6(9)8(12)3-7(5)10-11/h2-4,12H,1H3. The fraction of sp³-hybridized carbons (Fsp3) is 0.125. The topological polar surface area (TPSA) is 38.0 Å². The van der Waals surface area contributed by atoms with E-state index in [9.17, 15) is 5.11 Å². The number of benzene rings is 1. The van der Waals surface area contributed by atoms with Gasteiger partial charge in [0.2, 0.25) is 0 Å². The van der Waals surface area contributed by atoms with Gasteiger partial charge in [0.1, 0.15) is 5.75 Å². The molecule has 0 radical (unpaired) electrons. The van der Waals surface area contributed by atoms with Crippen molar-refractivity contribution in [1.29, 1.82) is 0 Å². The van der Waals surface area contributed by atoms with Gasteiger partial charge in [-0.2, -0.15) is 5.10 Å². The second-order valence-electron chi connectivity index (χ2n) is 2.67. The molecule has 0 fully saturated rings. The van der Waals surface area contributed by atoms with E-state index in [1.54, 1.807) is 10.7 Å². The molecule has 0 amide bonds. The molecule has 62 valence electrons. The number of aromatic hydroxyl groups is 1. The molecule has 0 saturated carbocycles. The third kappa shape index (κ3) is 1.08. The predicted molar refractivity (Wildman–Crippen MR) is 50.1 cm³/mol. The van der Waals surface area contributed by atoms with E-state index in [4.69, 9.17) is 0 Å². The van der Waals surface area contributed by atoms with Gasteiger partial charge < -0.3 is 5.11 Å². The van der Waals surface area contributed by atoms with Crippen LogP contribution in [0.15, 0.2) is 22.8 Å². The lowest BCUT2D eigenvalue weighted by molar-refractivity contribution is 0.472. The van der Waals surface area contributed by atoms with Crippen LogP contribution in [0.1, 0.15) is 0 Å². The number of phenolic OH excluding ortho intramolecular Hbond substituents is 1. The lowest BCUT2D eigenvalue weighted by Crippen LogP contribution is -1.84. The van der Waals surface area contributed by atoms with E-state index < -0.39 is 0 Å². The predicted octanol–water partition coefficient (Wildman–Crippen LogP) is 2.04. The van der Waals surface area contributed by atoms with Crippen LogP contribution in [0.3, 0.4) is 0 Å². The van der Waals surface area contributed by atoms with Crippen molar-refractivity contribution in [2.24, 2.45) is 7.05 Å². The van der Waals surface area contributed by atoms with Crippen LogP contribution < -0.4 is 0 Å². The van der Waals surface area contributed by atoms with Gasteiger partial charge in [0.05, 0.1) is 9.99 Å². The van der Waals surface area contributed by atoms with E-state index >= 15 is 0 Å². The zero-order valence-electron chi connectivity index (χ0n) is 6.45. The van der Waals surface area contributed by atoms with Crippen LogP contribution in [0.25, 0.3) is 10.9 Å². The van der Waals surface area contributed by atoms with Crippen molar-refractivity contribution < 1.29 is 5.11 Å². The number of hydrogen-bond acceptors (Lipinski definition) is 2. The molecule has 1 N–H and O–H groups in total. The van der Waals surface area contributed by atoms with E-state index in [0.29, 0.717) is 4.47 Å². The van der Waals surface area contributed by atoms with Crippen molar-refractivity contribution >= 4 is 26.8 Å². The summed E-state index contributed by atoms with van der Waals surface area (Å²) in [6.07, 6.45) is 1.90. The molecule has 12 heavy (non-hydrogen) atoms. The molecule has 1 heterocycles. The highest BCUT2D eigenvalue weighted by Crippen LogP contribution is 2.28. The zero-order valence-corrected chi connectivity index (χ0v) is 8.04. The first-order valence-corrected chi connectivity index (χ1v) is 4.28. The first kappa shape index (κ1) is 7.61. The maximum Gasteiger partial charge on any atom is 0.132 e. The molecule has 2 aromatic rings. The summed E-state index contributed by atoms with van der Waals surface area (Å²) in [5.41, 5.74) is 0.804. The van der Waals surface area contributed by atoms with Gasteiger partial charge in [-0.15, -0.1) is 0 Å². The van der Waals surface area contributed by atoms with Crippen LogP contribution in [0, 0.1) is 0 Å². The average Bonchev–Trinajstić information content (AvgIpc) is 2.30. The normalized spacial score (nSPS) is 10.8. The second-order valence-corrected chi connectivity index (χ2v) is 3.52. The Balaban J connectivity index is 2.83. The molecule has 1 aromatic carbocycles. The van der Waals surface area contributed by atoms with E-state index in [-0.39, 0.29) is 5.75 Å². The monoisotopic (exact) mass is 226 g/mol. The highest BCUT2D eigenvalue weighted by atomic mass is 79.9. The summed E-state index contributed by atoms with van der Waals surface area (Å²) in [4.78, 5) is 0. The van der Waals surface area contributed by atoms with E-state index in [0.717, 1.165) is 10.9 Å². The van der Waals surface area contributed by atoms with Gasteiger partial charge in [0.25, 0.3) is 0 Å². The average molecular weight is 227 g/mol. The number of aromatic nitrogens is 2. The van der Waals surface area contributed by atoms with Crippen molar-refractivity contribution in [2.75, 3.05) is 0 Å². The number of rotatable bonds is 0. The Labute approximate surface area is 77.7 Å². The second kappa shape index (κ2) is 2.48. The molecule has 0 aliphatic rings. The molecule has 0 atom stereocenters. The van der Waals surface area contributed by atoms with Crippen LogP contribution in [-0.2, 0) is 7.05 Å². The van der Waals surface area contributed by atoms with Gasteiger partial charge in [0.15, 0.2) is 0 Å². The summed E-state index contributed by atoms with van der Waals surface area (Å²) in [7, 11) is 1.85. The van der Waals surface area contributed by atoms with Crippen molar-refractivity contribution in [2.45, 2.75) is 0 Å². The van der Waals surface area contributed by atoms with Gasteiger partial charge in [-0.1, -0.05) is 0 Å². The molecule has 0 unspecified atom stereocenters. The Hall–Kier alpha value is -1.03. The molecule has 0 saturated heterocycles. The Morgan fingerprint density at radius 2 is 2.25 bits per heavy atom. The Bertz CT molecular complexity index is 397. The van der Waals surface area contributed by atoms with Crippen LogP contribution >= 0.6 is 15.9 Å². The number of phenols is 1. The number of halogens is 1. The molecule has 0 spiro atoms. The number of nitrogens with zero attached hydrogens (tertiary/aromatic N) is 2. The van der Waals surface area contributed by atoms with Crippen molar-refractivity contribution in [3.05, 3.63) is 22.8 Å². The van der Waals surface area contributed by atoms with Crippen LogP contribution in [0.2, 0.25) is 0 Å². The highest BCUT2D eigenvalue weighted by molar-refractivity contribution is 9.10. The minimum Gasteiger partial charge on any atom is -0.507 e. The molecule has 0 bridgehead atoms. The molecule has 2 rings (SSSR count). The molecular formula is C8H7BrN2O. The quantitative estimate of drug-likeness (QED) is 0.747. The van der Waals surface area contributed by atoms with Crippen LogP contribution in [-0.4, -0.2) is 14.9 Å². The first-order chi connectivity index (χ1) is 5.66. The third-order valence-corrected chi connectivity index (χ3v) is 2.32. The van der Waals surface area contributed by atoms with Crippen molar-refractivity contribution in [3.8, 4) is 5.75 Å². The fourth-order valence-corrected chi connectivity index (χ4v) is 1.52. The van der Waals surface area contributed by atoms with Gasteiger partial charge in [-0.05, 0) is 22.0 Å². The minimum atomic E-state index is 0.223. The lowest BCUT2D eigenvalue weighted by Gasteiger charge is -1.94. The number of fused-ring (bicyclic) bond motifs is 1. The number of aryl methyl sites for hydroxylation is 1. The SMILES string of the molecule is Cn1cc2cc(Br)c(O)cc2n1. The van der Waals surface area contributed by atoms with Crippen LogP contribution in [0.4, 0.5) is 0 Å². The summed E-state index contributed by atoms with van der Waals surface area (Å²) in [6.45, 7) is 0. The van der Waals surface area contributed by atoms with Crippen molar-refractivity contribution in [3.63, 3.8) is 0 Å². The molecule has 3 nitrogen and oxygen atoms in total. The van der Waals surface area contributed by atoms with Gasteiger partial charge >= 0.3 is 0 Å². The molecule has 0 aliphatic heterocycles. The number of hydrogen-bond donors (Lipinski definition) is 1. The van der Waals surface area contributed by atoms with Crippen molar-refractivity contribution in [1.82, 2.24) is 9.78 Å². The molecule has 1 aromatic heterocycles. The first-order valence-electron chi connectivity index (χ1n) is 3.48. The summed E-state index contributed by atoms with van der Waals surface area (Å²) in [6, 6.07) is 3.48. The summed E-state index contributed by atoms with van der Waals surface area (Å²) in [5.74, 6) is 0.223. The van der Waals surface area contributed by atoms with Gasteiger partial charge in [0, 0.05) is 24.7 Å². The Morgan fingerprint density at radius 3 is 3.00 bits per heavy atom. The summed E-state index contributed by atoms with van der Waals surface area (Å²) < 4.78 is 2.42. The van der Waals surface area contributed by atoms with Crippen LogP contribution in [0.5, 0.6) is 5.75 Å². The minimum absolute atomic E-state index is 0.223. The highest BCUT2D eigenvalue weighted by Gasteiger charge is 2.03. The third-order valence-electron chi connectivity index (χ3n) is 1.69. The molecular weight excluding hydrogens is 220 g/mol. The molecule has 4 heteroatoms. The maximum absolute atomic E-state index is 9.33. The largest absolute Gasteiger partial charge is 0.507 e. The van der Waals surface area contributed by atoms with E-state index in [1.807, 2.05) is 19.3 Å². The molecule has 0 aliphatic carbocycles. The lowest BCUT2D eigenvalue weighted by atomic mass is 10.2. The summed E-state index contributed by atoms with van der Waals surface area (Å²) in [5, 5.41) is 14.5. The van der Waals surface area contributed by atoms with E-state index in [2.05, 4.69) is 21.0 Å². The van der Waals surface area contributed by atoms with Gasteiger partial charge in [-0.25, -0.2) is 0 Å².